The van der Waals surface area contributed by atoms with E-state index in [0.717, 1.165) is 37.7 Å². The van der Waals surface area contributed by atoms with Crippen LogP contribution in [-0.4, -0.2) is 24.0 Å². The maximum Gasteiger partial charge on any atom is 0.220 e. The molecule has 0 aliphatic rings. The SMILES string of the molecule is Cl.NCCCCCCC(=O)NCC(c1ccccc1)c1c[nH]c2ccccc12. The molecule has 1 amide bonds. The average molecular weight is 400 g/mol. The Hall–Kier alpha value is -2.30. The molecule has 4 nitrogen and oxygen atoms in total. The molecule has 1 heterocycles. The summed E-state index contributed by atoms with van der Waals surface area (Å²) < 4.78 is 0. The van der Waals surface area contributed by atoms with Crippen LogP contribution in [0, 0.1) is 0 Å². The van der Waals surface area contributed by atoms with Gasteiger partial charge in [-0.15, -0.1) is 12.4 Å². The molecule has 0 saturated carbocycles. The summed E-state index contributed by atoms with van der Waals surface area (Å²) in [4.78, 5) is 15.7. The molecule has 1 aromatic heterocycles. The van der Waals surface area contributed by atoms with E-state index in [1.165, 1.54) is 16.5 Å². The van der Waals surface area contributed by atoms with Gasteiger partial charge in [-0.25, -0.2) is 0 Å². The van der Waals surface area contributed by atoms with E-state index in [0.29, 0.717) is 13.0 Å². The minimum atomic E-state index is 0. The Morgan fingerprint density at radius 2 is 1.68 bits per heavy atom. The molecule has 28 heavy (non-hydrogen) atoms. The van der Waals surface area contributed by atoms with Crippen molar-refractivity contribution in [3.05, 3.63) is 71.9 Å². The number of fused-ring (bicyclic) bond motifs is 1. The number of benzene rings is 2. The third-order valence-corrected chi connectivity index (χ3v) is 5.06. The van der Waals surface area contributed by atoms with Crippen LogP contribution in [0.4, 0.5) is 0 Å². The molecule has 1 atom stereocenters. The Morgan fingerprint density at radius 3 is 2.46 bits per heavy atom. The molecule has 3 rings (SSSR count). The van der Waals surface area contributed by atoms with E-state index in [4.69, 9.17) is 5.73 Å². The van der Waals surface area contributed by atoms with Crippen LogP contribution in [0.15, 0.2) is 60.8 Å². The lowest BCUT2D eigenvalue weighted by atomic mass is 9.91. The number of aromatic nitrogens is 1. The van der Waals surface area contributed by atoms with Crippen LogP contribution in [-0.2, 0) is 4.79 Å². The van der Waals surface area contributed by atoms with Gasteiger partial charge >= 0.3 is 0 Å². The van der Waals surface area contributed by atoms with Crippen LogP contribution in [0.5, 0.6) is 0 Å². The number of halogens is 1. The van der Waals surface area contributed by atoms with Crippen molar-refractivity contribution < 1.29 is 4.79 Å². The van der Waals surface area contributed by atoms with Crippen molar-refractivity contribution in [3.63, 3.8) is 0 Å². The first-order valence-electron chi connectivity index (χ1n) is 9.87. The summed E-state index contributed by atoms with van der Waals surface area (Å²) in [6.07, 6.45) is 6.79. The lowest BCUT2D eigenvalue weighted by Crippen LogP contribution is -2.28. The first-order chi connectivity index (χ1) is 13.3. The normalized spacial score (nSPS) is 11.8. The number of carbonyl (C=O) groups is 1. The zero-order valence-corrected chi connectivity index (χ0v) is 17.0. The van der Waals surface area contributed by atoms with Gasteiger partial charge in [-0.1, -0.05) is 61.4 Å². The fraction of sp³-hybridized carbons (Fsp3) is 0.348. The maximum atomic E-state index is 12.3. The number of carbonyl (C=O) groups excluding carboxylic acids is 1. The van der Waals surface area contributed by atoms with E-state index < -0.39 is 0 Å². The van der Waals surface area contributed by atoms with Crippen molar-refractivity contribution in [1.29, 1.82) is 0 Å². The van der Waals surface area contributed by atoms with Crippen molar-refractivity contribution in [3.8, 4) is 0 Å². The second-order valence-corrected chi connectivity index (χ2v) is 7.01. The van der Waals surface area contributed by atoms with Gasteiger partial charge in [-0.2, -0.15) is 0 Å². The third-order valence-electron chi connectivity index (χ3n) is 5.06. The number of amides is 1. The number of para-hydroxylation sites is 1. The first-order valence-corrected chi connectivity index (χ1v) is 9.87. The molecule has 0 bridgehead atoms. The molecule has 0 radical (unpaired) electrons. The van der Waals surface area contributed by atoms with Gasteiger partial charge in [-0.3, -0.25) is 4.79 Å². The van der Waals surface area contributed by atoms with Crippen molar-refractivity contribution in [1.82, 2.24) is 10.3 Å². The molecule has 0 saturated heterocycles. The summed E-state index contributed by atoms with van der Waals surface area (Å²) in [7, 11) is 0. The van der Waals surface area contributed by atoms with Gasteiger partial charge in [0, 0.05) is 36.0 Å². The Labute approximate surface area is 173 Å². The van der Waals surface area contributed by atoms with Crippen molar-refractivity contribution >= 4 is 29.2 Å². The molecule has 2 aromatic carbocycles. The van der Waals surface area contributed by atoms with Gasteiger partial charge in [0.05, 0.1) is 0 Å². The van der Waals surface area contributed by atoms with Gasteiger partial charge in [0.15, 0.2) is 0 Å². The number of hydrogen-bond acceptors (Lipinski definition) is 2. The van der Waals surface area contributed by atoms with E-state index in [-0.39, 0.29) is 24.2 Å². The van der Waals surface area contributed by atoms with E-state index >= 15 is 0 Å². The van der Waals surface area contributed by atoms with Gasteiger partial charge in [-0.05, 0) is 36.6 Å². The Bertz CT molecular complexity index is 847. The standard InChI is InChI=1S/C23H29N3O.ClH/c24-15-9-2-1-6-14-23(27)26-16-20(18-10-4-3-5-11-18)21-17-25-22-13-8-7-12-19(21)22;/h3-5,7-8,10-13,17,20,25H,1-2,6,9,14-16,24H2,(H,26,27);1H. The molecule has 150 valence electrons. The Morgan fingerprint density at radius 1 is 0.964 bits per heavy atom. The number of nitrogens with two attached hydrogens (primary N) is 1. The Kier molecular flexibility index (Phi) is 9.05. The topological polar surface area (TPSA) is 70.9 Å². The van der Waals surface area contributed by atoms with Crippen LogP contribution in [0.3, 0.4) is 0 Å². The molecule has 4 N–H and O–H groups in total. The second-order valence-electron chi connectivity index (χ2n) is 7.01. The number of rotatable bonds is 10. The average Bonchev–Trinajstić information content (AvgIpc) is 3.13. The molecule has 0 fully saturated rings. The molecule has 1 unspecified atom stereocenters. The quantitative estimate of drug-likeness (QED) is 0.430. The predicted octanol–water partition coefficient (Wildman–Crippen LogP) is 4.75. The van der Waals surface area contributed by atoms with E-state index in [1.54, 1.807) is 0 Å². The molecular weight excluding hydrogens is 370 g/mol. The van der Waals surface area contributed by atoms with Crippen molar-refractivity contribution in [2.24, 2.45) is 5.73 Å². The van der Waals surface area contributed by atoms with Crippen LogP contribution >= 0.6 is 12.4 Å². The molecule has 3 aromatic rings. The molecule has 0 aliphatic carbocycles. The zero-order chi connectivity index (χ0) is 18.9. The minimum Gasteiger partial charge on any atom is -0.361 e. The second kappa shape index (κ2) is 11.5. The highest BCUT2D eigenvalue weighted by molar-refractivity contribution is 5.85. The number of H-pyrrole nitrogens is 1. The molecule has 0 spiro atoms. The van der Waals surface area contributed by atoms with E-state index in [2.05, 4.69) is 59.0 Å². The monoisotopic (exact) mass is 399 g/mol. The van der Waals surface area contributed by atoms with Crippen LogP contribution in [0.2, 0.25) is 0 Å². The van der Waals surface area contributed by atoms with Crippen LogP contribution < -0.4 is 11.1 Å². The Balaban J connectivity index is 0.00000280. The number of aromatic amines is 1. The van der Waals surface area contributed by atoms with Gasteiger partial charge in [0.2, 0.25) is 5.91 Å². The van der Waals surface area contributed by atoms with Gasteiger partial charge in [0.25, 0.3) is 0 Å². The molecule has 0 aliphatic heterocycles. The lowest BCUT2D eigenvalue weighted by Gasteiger charge is -2.18. The smallest absolute Gasteiger partial charge is 0.220 e. The van der Waals surface area contributed by atoms with E-state index in [9.17, 15) is 4.79 Å². The fourth-order valence-electron chi connectivity index (χ4n) is 3.56. The number of nitrogens with one attached hydrogen (secondary N) is 2. The summed E-state index contributed by atoms with van der Waals surface area (Å²) >= 11 is 0. The minimum absolute atomic E-state index is 0. The first kappa shape index (κ1) is 22.0. The van der Waals surface area contributed by atoms with E-state index in [1.807, 2.05) is 12.1 Å². The highest BCUT2D eigenvalue weighted by Crippen LogP contribution is 2.30. The molecular formula is C23H30ClN3O. The fourth-order valence-corrected chi connectivity index (χ4v) is 3.56. The summed E-state index contributed by atoms with van der Waals surface area (Å²) in [6.45, 7) is 1.34. The summed E-state index contributed by atoms with van der Waals surface area (Å²) in [5, 5.41) is 4.36. The summed E-state index contributed by atoms with van der Waals surface area (Å²) in [6, 6.07) is 18.7. The number of unbranched alkanes of at least 4 members (excludes halogenated alkanes) is 3. The number of hydrogen-bond donors (Lipinski definition) is 3. The van der Waals surface area contributed by atoms with Gasteiger partial charge < -0.3 is 16.0 Å². The van der Waals surface area contributed by atoms with Gasteiger partial charge in [0.1, 0.15) is 0 Å². The zero-order valence-electron chi connectivity index (χ0n) is 16.2. The maximum absolute atomic E-state index is 12.3. The lowest BCUT2D eigenvalue weighted by molar-refractivity contribution is -0.121. The highest BCUT2D eigenvalue weighted by atomic mass is 35.5. The largest absolute Gasteiger partial charge is 0.361 e. The van der Waals surface area contributed by atoms with Crippen LogP contribution in [0.25, 0.3) is 10.9 Å². The third kappa shape index (κ3) is 5.85. The van der Waals surface area contributed by atoms with Crippen molar-refractivity contribution in [2.75, 3.05) is 13.1 Å². The van der Waals surface area contributed by atoms with Crippen LogP contribution in [0.1, 0.15) is 49.1 Å². The van der Waals surface area contributed by atoms with Crippen molar-refractivity contribution in [2.45, 2.75) is 38.0 Å². The summed E-state index contributed by atoms with van der Waals surface area (Å²) in [5.74, 6) is 0.257. The molecule has 5 heteroatoms. The highest BCUT2D eigenvalue weighted by Gasteiger charge is 2.18. The predicted molar refractivity (Wildman–Crippen MR) is 119 cm³/mol. The summed E-state index contributed by atoms with van der Waals surface area (Å²) in [5.41, 5.74) is 9.07.